The molecule has 34 nitrogen and oxygen atoms in total. The molecule has 2 aromatic carbocycles. The summed E-state index contributed by atoms with van der Waals surface area (Å²) in [5, 5.41) is 84.8. The largest absolute Gasteiger partial charge is 0.508 e. The topological polar surface area (TPSA) is 500 Å². The number of benzene rings is 2. The van der Waals surface area contributed by atoms with E-state index >= 15 is 0 Å². The molecule has 2 saturated carbocycles. The van der Waals surface area contributed by atoms with Crippen LogP contribution in [0, 0.1) is 35.5 Å². The summed E-state index contributed by atoms with van der Waals surface area (Å²) in [6.45, 7) is 20.6. The number of hydrazine groups is 2. The number of amides is 8. The molecule has 14 N–H and O–H groups in total. The Labute approximate surface area is 782 Å². The highest BCUT2D eigenvalue weighted by atomic mass is 31.2. The summed E-state index contributed by atoms with van der Waals surface area (Å²) in [5.41, 5.74) is 8.16. The van der Waals surface area contributed by atoms with Gasteiger partial charge in [-0.15, -0.1) is 0 Å². The average Bonchev–Trinajstić information content (AvgIpc) is 0.830. The van der Waals surface area contributed by atoms with Crippen LogP contribution in [-0.4, -0.2) is 235 Å². The van der Waals surface area contributed by atoms with E-state index in [9.17, 15) is 97.5 Å². The second-order valence-corrected chi connectivity index (χ2v) is 38.0. The van der Waals surface area contributed by atoms with Gasteiger partial charge in [0.05, 0.1) is 49.5 Å². The van der Waals surface area contributed by atoms with E-state index in [2.05, 4.69) is 42.8 Å². The minimum atomic E-state index is -3.26. The zero-order chi connectivity index (χ0) is 98.0. The van der Waals surface area contributed by atoms with Crippen LogP contribution in [0.1, 0.15) is 223 Å². The Hall–Kier alpha value is -10.2. The molecule has 2 aromatic rings. The van der Waals surface area contributed by atoms with Gasteiger partial charge in [-0.25, -0.2) is 10.9 Å². The molecule has 0 aromatic heterocycles. The first kappa shape index (κ1) is 112. The highest BCUT2D eigenvalue weighted by Crippen LogP contribution is 2.47. The predicted molar refractivity (Wildman–Crippen MR) is 500 cm³/mol. The number of ketones is 2. The SMILES string of the molecule is CC(=O)CC[C@H]1C(=O)N[C@@H](C(C)C)C(=O)N[C@@H](Cc2cccc(O)c2)C(=O)N2CCCC(N2)C(=O)O[C@H](/C(C)=C/C=C/C(=O)NC2CCCCC2)C/C=C/C=C/[C@H](O)[C@H](C)[C@H]1O.CC(=O)CC[C@H]1C(=O)N[C@@H](C(C)C)C(=O)N[C@@H](Cc2cccc(O)c2)C(=O)N2CCCC(N2)C(=O)O[C@H](/C(C)=C/C=O)C/C=C/C=C/[C@H](O)[C@H](C)[C@H]1O.CCOP(=O)(CC(=O)NC1CCCCC1)OCC. The number of fused-ring (bicyclic) bond motifs is 4. The minimum Gasteiger partial charge on any atom is -0.508 e. The van der Waals surface area contributed by atoms with Crippen molar-refractivity contribution >= 4 is 84.6 Å². The number of Topliss-reactive ketones (excluding diaryl/α,β-unsaturated/α-hetero) is 2. The number of aliphatic hydroxyl groups is 4. The number of aliphatic hydroxyl groups excluding tert-OH is 4. The molecule has 35 heteroatoms. The molecule has 2 unspecified atom stereocenters. The molecule has 8 rings (SSSR count). The molecule has 4 bridgehead atoms. The number of cyclic esters (lactones) is 2. The molecule has 133 heavy (non-hydrogen) atoms. The summed E-state index contributed by atoms with van der Waals surface area (Å²) >= 11 is 0. The zero-order valence-electron chi connectivity index (χ0n) is 79.1. The first-order valence-corrected chi connectivity index (χ1v) is 48.6. The average molecular weight is 1880 g/mol. The number of carbonyl (C=O) groups is 13. The number of esters is 2. The summed E-state index contributed by atoms with van der Waals surface area (Å²) < 4.78 is 34.3. The first-order valence-electron chi connectivity index (χ1n) is 46.9. The van der Waals surface area contributed by atoms with E-state index in [1.165, 1.54) is 85.3 Å². The molecular weight excluding hydrogens is 1730 g/mol. The van der Waals surface area contributed by atoms with Crippen molar-refractivity contribution in [3.63, 3.8) is 0 Å². The van der Waals surface area contributed by atoms with Crippen LogP contribution in [0.5, 0.6) is 11.5 Å². The van der Waals surface area contributed by atoms with E-state index in [1.807, 2.05) is 0 Å². The van der Waals surface area contributed by atoms with Gasteiger partial charge in [0.2, 0.25) is 35.4 Å². The van der Waals surface area contributed by atoms with Crippen molar-refractivity contribution in [1.29, 1.82) is 0 Å². The summed E-state index contributed by atoms with van der Waals surface area (Å²) in [6.07, 6.45) is 24.9. The Balaban J connectivity index is 0.000000347. The van der Waals surface area contributed by atoms with Gasteiger partial charge in [-0.1, -0.05) is 165 Å². The molecule has 0 radical (unpaired) electrons. The van der Waals surface area contributed by atoms with E-state index in [0.29, 0.717) is 54.2 Å². The van der Waals surface area contributed by atoms with Crippen molar-refractivity contribution < 1.29 is 116 Å². The number of ether oxygens (including phenoxy) is 2. The third-order valence-electron chi connectivity index (χ3n) is 24.4. The van der Waals surface area contributed by atoms with Gasteiger partial charge in [-0.3, -0.25) is 67.3 Å². The van der Waals surface area contributed by atoms with Crippen molar-refractivity contribution in [1.82, 2.24) is 52.8 Å². The van der Waals surface area contributed by atoms with E-state index in [1.54, 1.807) is 142 Å². The quantitative estimate of drug-likeness (QED) is 0.0146. The number of aldehydes is 1. The highest BCUT2D eigenvalue weighted by Gasteiger charge is 2.43. The third kappa shape index (κ3) is 38.3. The number of nitrogens with zero attached hydrogens (tertiary/aromatic N) is 2. The van der Waals surface area contributed by atoms with Crippen LogP contribution in [-0.2, 0) is 98.3 Å². The van der Waals surface area contributed by atoms with E-state index in [4.69, 9.17) is 18.5 Å². The van der Waals surface area contributed by atoms with Crippen LogP contribution in [0.3, 0.4) is 0 Å². The van der Waals surface area contributed by atoms with Crippen molar-refractivity contribution in [2.75, 3.05) is 32.5 Å². The Morgan fingerprint density at radius 3 is 1.33 bits per heavy atom. The molecule has 736 valence electrons. The van der Waals surface area contributed by atoms with Gasteiger partial charge in [0.25, 0.3) is 11.8 Å². The number of hydrogen-bond donors (Lipinski definition) is 14. The number of hydrogen-bond acceptors (Lipinski definition) is 26. The molecule has 2 aliphatic carbocycles. The summed E-state index contributed by atoms with van der Waals surface area (Å²) in [6, 6.07) is 6.23. The van der Waals surface area contributed by atoms with Crippen LogP contribution >= 0.6 is 7.60 Å². The van der Waals surface area contributed by atoms with Gasteiger partial charge < -0.3 is 90.7 Å². The lowest BCUT2D eigenvalue weighted by molar-refractivity contribution is -0.157. The Kier molecular flexibility index (Phi) is 48.3. The molecule has 2 saturated heterocycles. The number of aromatic hydroxyl groups is 2. The molecular formula is C98H145N10O24P. The van der Waals surface area contributed by atoms with Crippen molar-refractivity contribution in [2.24, 2.45) is 35.5 Å². The summed E-state index contributed by atoms with van der Waals surface area (Å²) in [7, 11) is -3.26. The van der Waals surface area contributed by atoms with Gasteiger partial charge in [-0.05, 0) is 170 Å². The van der Waals surface area contributed by atoms with Crippen molar-refractivity contribution in [3.05, 3.63) is 144 Å². The van der Waals surface area contributed by atoms with Crippen LogP contribution in [0.25, 0.3) is 0 Å². The normalized spacial score (nSPS) is 27.9. The lowest BCUT2D eigenvalue weighted by Gasteiger charge is -2.36. The van der Waals surface area contributed by atoms with E-state index in [-0.39, 0.29) is 131 Å². The fourth-order valence-electron chi connectivity index (χ4n) is 16.4. The van der Waals surface area contributed by atoms with Gasteiger partial charge in [0.1, 0.15) is 84.0 Å². The first-order chi connectivity index (χ1) is 63.2. The number of rotatable bonds is 25. The lowest BCUT2D eigenvalue weighted by Crippen LogP contribution is -2.62. The monoisotopic (exact) mass is 1880 g/mol. The number of allylic oxidation sites excluding steroid dienone is 7. The summed E-state index contributed by atoms with van der Waals surface area (Å²) in [4.78, 5) is 171. The molecule has 4 aliphatic heterocycles. The van der Waals surface area contributed by atoms with Crippen molar-refractivity contribution in [2.45, 2.75) is 309 Å². The maximum atomic E-state index is 14.4. The number of phenolic OH excluding ortho intramolecular Hbond substituents is 2. The standard InChI is InChI=1S/C47H67N5O10.C39H54N4O10.C12H24NO4P/c1-29(2)42-45(59)49-38(28-33-16-13-19-35(54)27-33)46(60)52-26-14-20-37(51-52)47(61)62-40(30(3)15-12-23-41(56)48-34-17-8-6-9-18-34)22-11-7-10-21-39(55)32(5)43(57)36(44(58)50-42)25-24-31(4)53;1-23(2)34-37(50)40-31(22-27-11-9-12-28(46)21-27)38(51)43-19-10-13-30(42-43)39(52)53-33(24(3)18-20-44)15-8-6-7-14-32(47)26(5)35(48)29(36(49)41-34)17-16-25(4)45;1-3-16-18(15,17-4-2)10-12(14)13-11-8-6-5-7-9-11/h7,10-13,15-16,19,21,23,27,29,32,34,36-40,42-43,51,54-55,57H,6,8-9,14,17-18,20,22,24-26,28H2,1-5H3,(H,48,56)(H,49,59)(H,50,58);6-9,11-12,14,18,20-21,23,26,29-35,42,46-48H,10,13,15-17,19,22H2,1-5H3,(H,40,50)(H,41,49);11H,3-10H2,1-2H3,(H,13,14)/b11-7+,21-10+,23-12+,30-15+;8-6+,14-7+,24-18+;/t32-,36+,37?,38-,39-,40-,42-,43+;26-,29+,30?,31-,32-,33-,34-,35+;/m00./s1. The molecule has 4 heterocycles. The second kappa shape index (κ2) is 57.5. The maximum Gasteiger partial charge on any atom is 0.340 e. The second-order valence-electron chi connectivity index (χ2n) is 35.9. The zero-order valence-corrected chi connectivity index (χ0v) is 80.0. The maximum absolute atomic E-state index is 14.4. The minimum absolute atomic E-state index is 0.0247. The molecule has 4 fully saturated rings. The fraction of sp³-hybridized carbons (Fsp3) is 0.602. The number of carbonyl (C=O) groups excluding carboxylic acids is 13. The van der Waals surface area contributed by atoms with Crippen LogP contribution in [0.15, 0.2) is 133 Å². The number of phenols is 2. The van der Waals surface area contributed by atoms with Crippen molar-refractivity contribution in [3.8, 4) is 11.5 Å². The number of nitrogens with one attached hydrogen (secondary N) is 8. The van der Waals surface area contributed by atoms with Crippen LogP contribution in [0.4, 0.5) is 0 Å². The van der Waals surface area contributed by atoms with E-state index in [0.717, 1.165) is 51.4 Å². The Morgan fingerprint density at radius 2 is 0.947 bits per heavy atom. The van der Waals surface area contributed by atoms with Crippen LogP contribution in [0.2, 0.25) is 0 Å². The highest BCUT2D eigenvalue weighted by molar-refractivity contribution is 7.54. The molecule has 8 amide bonds. The predicted octanol–water partition coefficient (Wildman–Crippen LogP) is 8.45. The van der Waals surface area contributed by atoms with Gasteiger partial charge in [0, 0.05) is 81.6 Å². The summed E-state index contributed by atoms with van der Waals surface area (Å²) in [5.74, 6) is -11.1. The lowest BCUT2D eigenvalue weighted by atomic mass is 9.84. The Bertz CT molecular complexity index is 4450. The van der Waals surface area contributed by atoms with Crippen LogP contribution < -0.4 is 42.8 Å². The molecule has 0 spiro atoms. The van der Waals surface area contributed by atoms with Gasteiger partial charge in [-0.2, -0.15) is 0 Å². The third-order valence-corrected chi connectivity index (χ3v) is 26.3. The van der Waals surface area contributed by atoms with Gasteiger partial charge >= 0.3 is 19.5 Å². The molecule has 6 aliphatic rings. The smallest absolute Gasteiger partial charge is 0.340 e. The van der Waals surface area contributed by atoms with E-state index < -0.39 is 163 Å². The van der Waals surface area contributed by atoms with Gasteiger partial charge in [0.15, 0.2) is 0 Å². The molecule has 16 atom stereocenters. The fourth-order valence-corrected chi connectivity index (χ4v) is 17.9. The Morgan fingerprint density at radius 1 is 0.541 bits per heavy atom.